The smallest absolute Gasteiger partial charge is 0.191 e. The van der Waals surface area contributed by atoms with Crippen molar-refractivity contribution in [2.45, 2.75) is 37.9 Å². The molecule has 6 heteroatoms. The third-order valence-electron chi connectivity index (χ3n) is 4.44. The highest BCUT2D eigenvalue weighted by Gasteiger charge is 2.17. The summed E-state index contributed by atoms with van der Waals surface area (Å²) < 4.78 is 7.68. The van der Waals surface area contributed by atoms with Crippen LogP contribution in [0, 0.1) is 0 Å². The van der Waals surface area contributed by atoms with Gasteiger partial charge in [-0.05, 0) is 37.5 Å². The summed E-state index contributed by atoms with van der Waals surface area (Å²) >= 11 is 1.65. The van der Waals surface area contributed by atoms with Gasteiger partial charge in [0.05, 0.1) is 12.7 Å². The molecule has 0 bridgehead atoms. The average molecular weight is 396 g/mol. The Labute approximate surface area is 170 Å². The van der Waals surface area contributed by atoms with Gasteiger partial charge in [0.1, 0.15) is 11.5 Å². The summed E-state index contributed by atoms with van der Waals surface area (Å²) in [6, 6.07) is 18.3. The highest BCUT2D eigenvalue weighted by molar-refractivity contribution is 7.99. The van der Waals surface area contributed by atoms with Crippen LogP contribution in [0.25, 0.3) is 11.4 Å². The Balaban J connectivity index is 1.85. The molecule has 0 fully saturated rings. The number of hydrogen-bond acceptors (Lipinski definition) is 5. The number of ketones is 1. The summed E-state index contributed by atoms with van der Waals surface area (Å²) in [5.74, 6) is 2.65. The molecule has 0 saturated heterocycles. The normalized spacial score (nSPS) is 10.8. The minimum Gasteiger partial charge on any atom is -0.496 e. The minimum atomic E-state index is 0.223. The molecule has 2 aromatic carbocycles. The van der Waals surface area contributed by atoms with Crippen molar-refractivity contribution in [2.75, 3.05) is 12.9 Å². The lowest BCUT2D eigenvalue weighted by atomic mass is 10.1. The molecule has 3 aromatic rings. The predicted octanol–water partition coefficient (Wildman–Crippen LogP) is 4.66. The summed E-state index contributed by atoms with van der Waals surface area (Å²) in [6.45, 7) is 2.41. The van der Waals surface area contributed by atoms with Crippen LogP contribution < -0.4 is 4.74 Å². The molecular formula is C22H25N3O2S. The van der Waals surface area contributed by atoms with Gasteiger partial charge >= 0.3 is 0 Å². The second-order valence-electron chi connectivity index (χ2n) is 6.55. The molecule has 28 heavy (non-hydrogen) atoms. The van der Waals surface area contributed by atoms with Crippen LogP contribution in [0.3, 0.4) is 0 Å². The van der Waals surface area contributed by atoms with E-state index in [1.165, 1.54) is 5.56 Å². The van der Waals surface area contributed by atoms with Crippen LogP contribution in [0.4, 0.5) is 0 Å². The van der Waals surface area contributed by atoms with Gasteiger partial charge in [0, 0.05) is 18.7 Å². The fraction of sp³-hybridized carbons (Fsp3) is 0.318. The summed E-state index contributed by atoms with van der Waals surface area (Å²) in [5.41, 5.74) is 2.20. The Morgan fingerprint density at radius 3 is 2.57 bits per heavy atom. The number of Topliss-reactive ketones (excluding diaryl/α,β-unsaturated/α-hetero) is 1. The van der Waals surface area contributed by atoms with Crippen LogP contribution in [-0.4, -0.2) is 33.4 Å². The Bertz CT molecular complexity index is 909. The van der Waals surface area contributed by atoms with Crippen molar-refractivity contribution >= 4 is 17.5 Å². The molecule has 0 radical (unpaired) electrons. The molecule has 0 aliphatic heterocycles. The zero-order chi connectivity index (χ0) is 19.8. The van der Waals surface area contributed by atoms with Crippen LogP contribution in [-0.2, 0) is 17.8 Å². The van der Waals surface area contributed by atoms with E-state index in [2.05, 4.69) is 39.0 Å². The number of carbonyl (C=O) groups excluding carboxylic acids is 1. The van der Waals surface area contributed by atoms with Crippen molar-refractivity contribution < 1.29 is 9.53 Å². The molecule has 0 spiro atoms. The topological polar surface area (TPSA) is 57.0 Å². The zero-order valence-corrected chi connectivity index (χ0v) is 17.1. The molecule has 5 nitrogen and oxygen atoms in total. The molecule has 0 atom stereocenters. The largest absolute Gasteiger partial charge is 0.496 e. The molecule has 0 N–H and O–H groups in total. The lowest BCUT2D eigenvalue weighted by molar-refractivity contribution is -0.117. The number of thioether (sulfide) groups is 1. The number of methoxy groups -OCH3 is 1. The number of para-hydroxylation sites is 1. The second kappa shape index (κ2) is 10.1. The zero-order valence-electron chi connectivity index (χ0n) is 16.3. The van der Waals surface area contributed by atoms with Gasteiger partial charge in [-0.15, -0.1) is 10.2 Å². The third-order valence-corrected chi connectivity index (χ3v) is 5.49. The number of hydrogen-bond donors (Lipinski definition) is 0. The maximum atomic E-state index is 11.2. The van der Waals surface area contributed by atoms with Gasteiger partial charge < -0.3 is 14.1 Å². The second-order valence-corrected chi connectivity index (χ2v) is 7.61. The van der Waals surface area contributed by atoms with Gasteiger partial charge in [-0.1, -0.05) is 54.2 Å². The summed E-state index contributed by atoms with van der Waals surface area (Å²) in [6.07, 6.45) is 2.34. The first kappa shape index (κ1) is 20.1. The van der Waals surface area contributed by atoms with Gasteiger partial charge in [0.25, 0.3) is 0 Å². The molecule has 0 aliphatic rings. The fourth-order valence-electron chi connectivity index (χ4n) is 3.00. The molecular weight excluding hydrogens is 370 g/mol. The molecule has 0 saturated carbocycles. The summed E-state index contributed by atoms with van der Waals surface area (Å²) in [5, 5.41) is 9.77. The molecule has 1 aromatic heterocycles. The number of benzene rings is 2. The van der Waals surface area contributed by atoms with Crippen molar-refractivity contribution in [1.82, 2.24) is 14.8 Å². The quantitative estimate of drug-likeness (QED) is 0.369. The van der Waals surface area contributed by atoms with E-state index in [4.69, 9.17) is 4.74 Å². The number of ether oxygens (including phenoxy) is 1. The first-order chi connectivity index (χ1) is 13.7. The maximum Gasteiger partial charge on any atom is 0.191 e. The molecule has 3 rings (SSSR count). The standard InChI is InChI=1S/C22H25N3O2S/c1-17(26)9-8-16-28-22-24-23-21(19-12-6-7-13-20(19)27-2)25(22)15-14-18-10-4-3-5-11-18/h3-7,10-13H,8-9,14-16H2,1-2H3. The molecule has 0 amide bonds. The monoisotopic (exact) mass is 395 g/mol. The van der Waals surface area contributed by atoms with Crippen LogP contribution in [0.1, 0.15) is 25.3 Å². The van der Waals surface area contributed by atoms with E-state index in [1.54, 1.807) is 25.8 Å². The van der Waals surface area contributed by atoms with E-state index in [0.717, 1.165) is 47.4 Å². The number of rotatable bonds is 10. The van der Waals surface area contributed by atoms with E-state index in [1.807, 2.05) is 30.3 Å². The number of aryl methyl sites for hydroxylation is 1. The molecule has 1 heterocycles. The molecule has 0 unspecified atom stereocenters. The first-order valence-corrected chi connectivity index (χ1v) is 10.4. The minimum absolute atomic E-state index is 0.223. The summed E-state index contributed by atoms with van der Waals surface area (Å²) in [4.78, 5) is 11.2. The predicted molar refractivity (Wildman–Crippen MR) is 113 cm³/mol. The van der Waals surface area contributed by atoms with Crippen molar-refractivity contribution in [3.8, 4) is 17.1 Å². The van der Waals surface area contributed by atoms with E-state index in [9.17, 15) is 4.79 Å². The van der Waals surface area contributed by atoms with Gasteiger partial charge in [0.15, 0.2) is 11.0 Å². The van der Waals surface area contributed by atoms with Crippen molar-refractivity contribution in [3.63, 3.8) is 0 Å². The van der Waals surface area contributed by atoms with Crippen LogP contribution >= 0.6 is 11.8 Å². The average Bonchev–Trinajstić information content (AvgIpc) is 3.12. The lowest BCUT2D eigenvalue weighted by Gasteiger charge is -2.12. The van der Waals surface area contributed by atoms with Gasteiger partial charge in [-0.3, -0.25) is 0 Å². The SMILES string of the molecule is COc1ccccc1-c1nnc(SCCCC(C)=O)n1CCc1ccccc1. The third kappa shape index (κ3) is 5.23. The Hall–Kier alpha value is -2.60. The van der Waals surface area contributed by atoms with Crippen molar-refractivity contribution in [1.29, 1.82) is 0 Å². The highest BCUT2D eigenvalue weighted by Crippen LogP contribution is 2.31. The number of nitrogens with zero attached hydrogens (tertiary/aromatic N) is 3. The van der Waals surface area contributed by atoms with E-state index in [0.29, 0.717) is 6.42 Å². The van der Waals surface area contributed by atoms with Crippen LogP contribution in [0.5, 0.6) is 5.75 Å². The van der Waals surface area contributed by atoms with E-state index < -0.39 is 0 Å². The fourth-order valence-corrected chi connectivity index (χ4v) is 3.90. The van der Waals surface area contributed by atoms with Gasteiger partial charge in [-0.25, -0.2) is 0 Å². The van der Waals surface area contributed by atoms with E-state index in [-0.39, 0.29) is 5.78 Å². The molecule has 146 valence electrons. The van der Waals surface area contributed by atoms with Crippen LogP contribution in [0.15, 0.2) is 59.8 Å². The number of aromatic nitrogens is 3. The Kier molecular flexibility index (Phi) is 7.25. The first-order valence-electron chi connectivity index (χ1n) is 9.42. The van der Waals surface area contributed by atoms with Gasteiger partial charge in [0.2, 0.25) is 0 Å². The van der Waals surface area contributed by atoms with Gasteiger partial charge in [-0.2, -0.15) is 0 Å². The number of carbonyl (C=O) groups is 1. The lowest BCUT2D eigenvalue weighted by Crippen LogP contribution is -2.06. The summed E-state index contributed by atoms with van der Waals surface area (Å²) in [7, 11) is 1.67. The van der Waals surface area contributed by atoms with Crippen molar-refractivity contribution in [3.05, 3.63) is 60.2 Å². The van der Waals surface area contributed by atoms with E-state index >= 15 is 0 Å². The maximum absolute atomic E-state index is 11.2. The Morgan fingerprint density at radius 1 is 1.07 bits per heavy atom. The van der Waals surface area contributed by atoms with Crippen LogP contribution in [0.2, 0.25) is 0 Å². The highest BCUT2D eigenvalue weighted by atomic mass is 32.2. The van der Waals surface area contributed by atoms with Crippen molar-refractivity contribution in [2.24, 2.45) is 0 Å². The Morgan fingerprint density at radius 2 is 1.82 bits per heavy atom. The molecule has 0 aliphatic carbocycles.